The Morgan fingerprint density at radius 1 is 1.00 bits per heavy atom. The second-order valence-electron chi connectivity index (χ2n) is 5.91. The maximum absolute atomic E-state index is 5.92. The van der Waals surface area contributed by atoms with Crippen molar-refractivity contribution in [2.75, 3.05) is 0 Å². The molecule has 4 aromatic rings. The monoisotopic (exact) mass is 334 g/mol. The maximum Gasteiger partial charge on any atom is 0.246 e. The highest BCUT2D eigenvalue weighted by Gasteiger charge is 2.13. The molecule has 0 aliphatic rings. The standard InChI is InChI=1S/C18H18N6O/c1-12-20-17-16(19-11-24(17)3)18(21-12)25-10-15-22-14(9-23(15)2)13-7-5-4-6-8-13/h4-9,11H,10H2,1-3H3. The van der Waals surface area contributed by atoms with E-state index in [0.717, 1.165) is 22.7 Å². The normalized spacial score (nSPS) is 11.2. The SMILES string of the molecule is Cc1nc(OCc2nc(-c3ccccc3)cn2C)c2ncn(C)c2n1. The maximum atomic E-state index is 5.92. The molecule has 0 N–H and O–H groups in total. The first-order valence-electron chi connectivity index (χ1n) is 7.98. The van der Waals surface area contributed by atoms with E-state index in [1.807, 2.05) is 66.7 Å². The number of nitrogens with zero attached hydrogens (tertiary/aromatic N) is 6. The lowest BCUT2D eigenvalue weighted by Gasteiger charge is -2.06. The molecule has 0 radical (unpaired) electrons. The molecule has 25 heavy (non-hydrogen) atoms. The van der Waals surface area contributed by atoms with Gasteiger partial charge in [0, 0.05) is 25.9 Å². The van der Waals surface area contributed by atoms with E-state index in [1.165, 1.54) is 0 Å². The number of aromatic nitrogens is 6. The Morgan fingerprint density at radius 2 is 1.80 bits per heavy atom. The molecule has 0 atom stereocenters. The van der Waals surface area contributed by atoms with Gasteiger partial charge in [0.2, 0.25) is 5.88 Å². The molecule has 3 heterocycles. The Labute approximate surface area is 145 Å². The first kappa shape index (κ1) is 15.3. The lowest BCUT2D eigenvalue weighted by Crippen LogP contribution is -2.05. The van der Waals surface area contributed by atoms with Crippen LogP contribution in [0.3, 0.4) is 0 Å². The van der Waals surface area contributed by atoms with Gasteiger partial charge in [-0.2, -0.15) is 4.98 Å². The third kappa shape index (κ3) is 2.84. The fourth-order valence-electron chi connectivity index (χ4n) is 2.71. The molecule has 0 bridgehead atoms. The van der Waals surface area contributed by atoms with E-state index < -0.39 is 0 Å². The van der Waals surface area contributed by atoms with Crippen LogP contribution in [0.1, 0.15) is 11.6 Å². The summed E-state index contributed by atoms with van der Waals surface area (Å²) >= 11 is 0. The van der Waals surface area contributed by atoms with Gasteiger partial charge in [0.1, 0.15) is 18.3 Å². The molecule has 0 aliphatic carbocycles. The van der Waals surface area contributed by atoms with E-state index >= 15 is 0 Å². The van der Waals surface area contributed by atoms with Crippen molar-refractivity contribution in [1.82, 2.24) is 29.1 Å². The molecule has 0 spiro atoms. The summed E-state index contributed by atoms with van der Waals surface area (Å²) in [5.41, 5.74) is 3.41. The summed E-state index contributed by atoms with van der Waals surface area (Å²) in [6.45, 7) is 2.15. The summed E-state index contributed by atoms with van der Waals surface area (Å²) < 4.78 is 9.74. The number of fused-ring (bicyclic) bond motifs is 1. The van der Waals surface area contributed by atoms with Crippen molar-refractivity contribution in [2.45, 2.75) is 13.5 Å². The predicted molar refractivity (Wildman–Crippen MR) is 94.0 cm³/mol. The van der Waals surface area contributed by atoms with Gasteiger partial charge in [-0.1, -0.05) is 30.3 Å². The van der Waals surface area contributed by atoms with E-state index in [-0.39, 0.29) is 0 Å². The summed E-state index contributed by atoms with van der Waals surface area (Å²) in [6, 6.07) is 10.1. The highest BCUT2D eigenvalue weighted by atomic mass is 16.5. The summed E-state index contributed by atoms with van der Waals surface area (Å²) in [5.74, 6) is 1.95. The van der Waals surface area contributed by atoms with Crippen LogP contribution in [0.5, 0.6) is 5.88 Å². The van der Waals surface area contributed by atoms with Gasteiger partial charge >= 0.3 is 0 Å². The first-order valence-corrected chi connectivity index (χ1v) is 7.98. The van der Waals surface area contributed by atoms with E-state index in [2.05, 4.69) is 19.9 Å². The third-order valence-electron chi connectivity index (χ3n) is 4.02. The van der Waals surface area contributed by atoms with Gasteiger partial charge < -0.3 is 13.9 Å². The molecular weight excluding hydrogens is 316 g/mol. The van der Waals surface area contributed by atoms with E-state index in [4.69, 9.17) is 4.74 Å². The van der Waals surface area contributed by atoms with Crippen LogP contribution < -0.4 is 4.74 Å². The van der Waals surface area contributed by atoms with Gasteiger partial charge in [-0.05, 0) is 6.92 Å². The Morgan fingerprint density at radius 3 is 2.60 bits per heavy atom. The van der Waals surface area contributed by atoms with Gasteiger partial charge in [-0.25, -0.2) is 15.0 Å². The van der Waals surface area contributed by atoms with Crippen LogP contribution >= 0.6 is 0 Å². The van der Waals surface area contributed by atoms with Crippen molar-refractivity contribution in [3.63, 3.8) is 0 Å². The number of hydrogen-bond donors (Lipinski definition) is 0. The van der Waals surface area contributed by atoms with Crippen molar-refractivity contribution >= 4 is 11.2 Å². The summed E-state index contributed by atoms with van der Waals surface area (Å²) in [4.78, 5) is 17.8. The highest BCUT2D eigenvalue weighted by molar-refractivity contribution is 5.76. The quantitative estimate of drug-likeness (QED) is 0.574. The lowest BCUT2D eigenvalue weighted by molar-refractivity contribution is 0.283. The molecule has 0 amide bonds. The van der Waals surface area contributed by atoms with Crippen molar-refractivity contribution < 1.29 is 4.74 Å². The van der Waals surface area contributed by atoms with E-state index in [1.54, 1.807) is 6.33 Å². The molecule has 1 aromatic carbocycles. The van der Waals surface area contributed by atoms with Crippen molar-refractivity contribution in [3.05, 3.63) is 54.5 Å². The van der Waals surface area contributed by atoms with Gasteiger partial charge in [0.25, 0.3) is 0 Å². The van der Waals surface area contributed by atoms with E-state index in [0.29, 0.717) is 23.8 Å². The highest BCUT2D eigenvalue weighted by Crippen LogP contribution is 2.22. The van der Waals surface area contributed by atoms with Crippen LogP contribution in [-0.2, 0) is 20.7 Å². The smallest absolute Gasteiger partial charge is 0.246 e. The zero-order valence-corrected chi connectivity index (χ0v) is 14.3. The minimum absolute atomic E-state index is 0.311. The van der Waals surface area contributed by atoms with Crippen LogP contribution in [-0.4, -0.2) is 29.1 Å². The number of benzene rings is 1. The zero-order valence-electron chi connectivity index (χ0n) is 14.3. The van der Waals surface area contributed by atoms with Crippen molar-refractivity contribution in [2.24, 2.45) is 14.1 Å². The minimum Gasteiger partial charge on any atom is -0.468 e. The zero-order chi connectivity index (χ0) is 17.4. The topological polar surface area (TPSA) is 70.7 Å². The van der Waals surface area contributed by atoms with Crippen LogP contribution in [0.4, 0.5) is 0 Å². The molecule has 0 aliphatic heterocycles. The molecule has 7 nitrogen and oxygen atoms in total. The summed E-state index contributed by atoms with van der Waals surface area (Å²) in [6.07, 6.45) is 3.70. The molecule has 4 rings (SSSR count). The Bertz CT molecular complexity index is 1030. The number of rotatable bonds is 4. The van der Waals surface area contributed by atoms with Gasteiger partial charge in [-0.3, -0.25) is 0 Å². The minimum atomic E-state index is 0.311. The average molecular weight is 334 g/mol. The van der Waals surface area contributed by atoms with E-state index in [9.17, 15) is 0 Å². The third-order valence-corrected chi connectivity index (χ3v) is 4.02. The van der Waals surface area contributed by atoms with Gasteiger partial charge in [0.05, 0.1) is 12.0 Å². The van der Waals surface area contributed by atoms with Crippen LogP contribution in [0.25, 0.3) is 22.4 Å². The number of imidazole rings is 2. The fraction of sp³-hybridized carbons (Fsp3) is 0.222. The Kier molecular flexibility index (Phi) is 3.68. The second-order valence-corrected chi connectivity index (χ2v) is 5.91. The van der Waals surface area contributed by atoms with Crippen molar-refractivity contribution in [3.8, 4) is 17.1 Å². The predicted octanol–water partition coefficient (Wildman–Crippen LogP) is 2.65. The van der Waals surface area contributed by atoms with Crippen LogP contribution in [0.2, 0.25) is 0 Å². The lowest BCUT2D eigenvalue weighted by atomic mass is 10.2. The number of aryl methyl sites for hydroxylation is 3. The Hall–Kier alpha value is -3.22. The number of hydrogen-bond acceptors (Lipinski definition) is 5. The largest absolute Gasteiger partial charge is 0.468 e. The first-order chi connectivity index (χ1) is 12.1. The summed E-state index contributed by atoms with van der Waals surface area (Å²) in [7, 11) is 3.86. The average Bonchev–Trinajstić information content (AvgIpc) is 3.17. The van der Waals surface area contributed by atoms with Gasteiger partial charge in [0.15, 0.2) is 11.2 Å². The fourth-order valence-corrected chi connectivity index (χ4v) is 2.71. The molecular formula is C18H18N6O. The molecule has 7 heteroatoms. The molecule has 0 saturated heterocycles. The van der Waals surface area contributed by atoms with Gasteiger partial charge in [-0.15, -0.1) is 0 Å². The molecule has 0 fully saturated rings. The van der Waals surface area contributed by atoms with Crippen molar-refractivity contribution in [1.29, 1.82) is 0 Å². The molecule has 3 aromatic heterocycles. The molecule has 126 valence electrons. The second kappa shape index (κ2) is 6.01. The molecule has 0 unspecified atom stereocenters. The van der Waals surface area contributed by atoms with Crippen LogP contribution in [0.15, 0.2) is 42.9 Å². The summed E-state index contributed by atoms with van der Waals surface area (Å²) in [5, 5.41) is 0. The van der Waals surface area contributed by atoms with Crippen LogP contribution in [0, 0.1) is 6.92 Å². The Balaban J connectivity index is 1.61. The number of ether oxygens (including phenoxy) is 1. The molecule has 0 saturated carbocycles.